The number of nitrogens with zero attached hydrogens (tertiary/aromatic N) is 2. The fourth-order valence-corrected chi connectivity index (χ4v) is 12.8. The highest BCUT2D eigenvalue weighted by atomic mass is 32.2. The summed E-state index contributed by atoms with van der Waals surface area (Å²) in [6, 6.07) is 26.0. The lowest BCUT2D eigenvalue weighted by Gasteiger charge is -2.35. The van der Waals surface area contributed by atoms with E-state index in [9.17, 15) is 42.6 Å². The number of carboxylic acid groups (broad SMARTS) is 1. The van der Waals surface area contributed by atoms with Gasteiger partial charge in [-0.05, 0) is 127 Å². The van der Waals surface area contributed by atoms with Crippen LogP contribution in [0.2, 0.25) is 0 Å². The molecule has 2 fully saturated rings. The third-order valence-electron chi connectivity index (χ3n) is 14.9. The minimum Gasteiger partial charge on any atom is -0.508 e. The number of aliphatic carboxylic acids is 1. The van der Waals surface area contributed by atoms with Gasteiger partial charge in [0.05, 0.1) is 34.3 Å². The van der Waals surface area contributed by atoms with Gasteiger partial charge in [-0.15, -0.1) is 11.3 Å². The molecule has 4 aromatic carbocycles. The van der Waals surface area contributed by atoms with Crippen molar-refractivity contribution in [2.24, 2.45) is 5.41 Å². The lowest BCUT2D eigenvalue weighted by molar-refractivity contribution is -0.144. The minimum absolute atomic E-state index is 0.0329. The third kappa shape index (κ3) is 14.8. The van der Waals surface area contributed by atoms with Crippen LogP contribution >= 0.6 is 11.3 Å². The number of aromatic hydroxyl groups is 1. The van der Waals surface area contributed by atoms with E-state index in [0.29, 0.717) is 61.2 Å². The summed E-state index contributed by atoms with van der Waals surface area (Å²) in [6.45, 7) is 9.83. The van der Waals surface area contributed by atoms with Gasteiger partial charge in [-0.3, -0.25) is 24.0 Å². The van der Waals surface area contributed by atoms with Crippen molar-refractivity contribution in [3.8, 4) is 21.9 Å². The number of hydrogen-bond donors (Lipinski definition) is 7. The number of hydrogen-bond acceptors (Lipinski definition) is 14. The minimum atomic E-state index is -4.24. The Labute approximate surface area is 471 Å². The van der Waals surface area contributed by atoms with Crippen molar-refractivity contribution in [1.82, 2.24) is 20.5 Å². The maximum Gasteiger partial charge on any atom is 0.315 e. The van der Waals surface area contributed by atoms with E-state index < -0.39 is 63.1 Å². The second kappa shape index (κ2) is 26.0. The molecule has 0 saturated carbocycles. The Balaban J connectivity index is 0.807. The summed E-state index contributed by atoms with van der Waals surface area (Å²) in [4.78, 5) is 71.6. The maximum absolute atomic E-state index is 14.2. The van der Waals surface area contributed by atoms with Crippen LogP contribution in [0.4, 0.5) is 11.4 Å². The van der Waals surface area contributed by atoms with Crippen LogP contribution in [0.3, 0.4) is 0 Å². The maximum atomic E-state index is 14.2. The van der Waals surface area contributed by atoms with Crippen LogP contribution in [0.15, 0.2) is 103 Å². The number of β-amino-alcohol motifs (C(OH)–C–C–N with tert-alkyl or cyclic N) is 1. The molecule has 2 bridgehead atoms. The first-order valence-corrected chi connectivity index (χ1v) is 29.7. The van der Waals surface area contributed by atoms with Gasteiger partial charge in [0.2, 0.25) is 23.6 Å². The number of aromatic nitrogens is 1. The van der Waals surface area contributed by atoms with Crippen LogP contribution in [0, 0.1) is 12.3 Å². The molecule has 8 rings (SSSR count). The van der Waals surface area contributed by atoms with Crippen molar-refractivity contribution in [1.29, 1.82) is 0 Å². The fourth-order valence-electron chi connectivity index (χ4n) is 10.6. The molecular weight excluding hydrogens is 1060 g/mol. The van der Waals surface area contributed by atoms with Crippen molar-refractivity contribution in [2.75, 3.05) is 23.7 Å². The molecule has 2 saturated heterocycles. The number of carboxylic acids is 1. The first kappa shape index (κ1) is 59.0. The Kier molecular flexibility index (Phi) is 19.2. The molecule has 5 aromatic rings. The monoisotopic (exact) mass is 1130 g/mol. The van der Waals surface area contributed by atoms with Crippen molar-refractivity contribution >= 4 is 73.6 Å². The van der Waals surface area contributed by atoms with Crippen LogP contribution in [-0.2, 0) is 38.8 Å². The molecule has 1 unspecified atom stereocenters. The van der Waals surface area contributed by atoms with E-state index in [1.807, 2.05) is 71.0 Å². The molecule has 7 N–H and O–H groups in total. The Hall–Kier alpha value is -7.13. The van der Waals surface area contributed by atoms with Crippen LogP contribution < -0.4 is 25.5 Å². The SMILES string of the molecule is Cc1ncsc1-c1ccc([C@@H](C)NC(=O)[C@@H]2C[C@@H](O)CN2C(=O)[C@@H](NC(=O)CCCCNc2ccc(OS(=O)(=O)C3C[C@H]4O[C@@H]3C(c3ccc(NC(=O)CCCCCCC(=O)O)cc3)=C4c3ccc(O)cc3)cc2)C(C)(C)C)cc1. The number of unbranched alkanes of at least 4 members (excludes halogenated alkanes) is 4. The number of fused-ring (bicyclic) bond motifs is 2. The number of carbonyl (C=O) groups is 5. The number of rotatable bonds is 25. The molecule has 3 aliphatic rings. The van der Waals surface area contributed by atoms with E-state index in [0.717, 1.165) is 45.7 Å². The molecule has 7 atom stereocenters. The normalized spacial score (nSPS) is 19.6. The van der Waals surface area contributed by atoms with Gasteiger partial charge >= 0.3 is 16.1 Å². The molecule has 80 heavy (non-hydrogen) atoms. The van der Waals surface area contributed by atoms with E-state index in [4.69, 9.17) is 14.0 Å². The van der Waals surface area contributed by atoms with Gasteiger partial charge < -0.3 is 50.4 Å². The van der Waals surface area contributed by atoms with Gasteiger partial charge in [0.15, 0.2) is 0 Å². The average Bonchev–Trinajstić information content (AvgIpc) is 4.28. The molecular formula is C60H72N6O12S2. The molecule has 4 amide bonds. The van der Waals surface area contributed by atoms with Crippen molar-refractivity contribution < 1.29 is 56.6 Å². The van der Waals surface area contributed by atoms with E-state index in [1.165, 1.54) is 4.90 Å². The van der Waals surface area contributed by atoms with E-state index in [-0.39, 0.29) is 67.5 Å². The Bertz CT molecular complexity index is 3140. The summed E-state index contributed by atoms with van der Waals surface area (Å²) in [5, 5.41) is 40.7. The Morgan fingerprint density at radius 3 is 2.04 bits per heavy atom. The van der Waals surface area contributed by atoms with Gasteiger partial charge in [-0.2, -0.15) is 8.42 Å². The van der Waals surface area contributed by atoms with Gasteiger partial charge in [0, 0.05) is 56.6 Å². The van der Waals surface area contributed by atoms with Crippen LogP contribution in [0.5, 0.6) is 11.5 Å². The summed E-state index contributed by atoms with van der Waals surface area (Å²) < 4.78 is 40.3. The number of anilines is 2. The molecule has 0 spiro atoms. The zero-order valence-electron chi connectivity index (χ0n) is 45.8. The molecule has 4 heterocycles. The zero-order chi connectivity index (χ0) is 57.3. The number of benzene rings is 4. The lowest BCUT2D eigenvalue weighted by Crippen LogP contribution is -2.57. The number of phenols is 1. The molecule has 18 nitrogen and oxygen atoms in total. The second-order valence-corrected chi connectivity index (χ2v) is 24.6. The summed E-state index contributed by atoms with van der Waals surface area (Å²) in [5.41, 5.74) is 8.21. The third-order valence-corrected chi connectivity index (χ3v) is 17.4. The number of aliphatic hydroxyl groups is 1. The number of thiazole rings is 1. The predicted molar refractivity (Wildman–Crippen MR) is 307 cm³/mol. The first-order chi connectivity index (χ1) is 38.1. The number of nitrogens with one attached hydrogen (secondary N) is 4. The number of carbonyl (C=O) groups excluding carboxylic acids is 4. The van der Waals surface area contributed by atoms with Gasteiger partial charge in [0.25, 0.3) is 0 Å². The summed E-state index contributed by atoms with van der Waals surface area (Å²) in [5.74, 6) is -1.92. The molecule has 0 aliphatic carbocycles. The quantitative estimate of drug-likeness (QED) is 0.0213. The van der Waals surface area contributed by atoms with Gasteiger partial charge in [0.1, 0.15) is 34.9 Å². The van der Waals surface area contributed by atoms with Crippen molar-refractivity contribution in [2.45, 2.75) is 147 Å². The lowest BCUT2D eigenvalue weighted by atomic mass is 9.83. The highest BCUT2D eigenvalue weighted by Crippen LogP contribution is 2.51. The number of amides is 4. The average molecular weight is 1130 g/mol. The van der Waals surface area contributed by atoms with E-state index in [2.05, 4.69) is 26.3 Å². The number of aliphatic hydroxyl groups excluding tert-OH is 1. The molecule has 3 aliphatic heterocycles. The number of ether oxygens (including phenoxy) is 1. The number of phenolic OH excluding ortho intramolecular Hbond substituents is 1. The second-order valence-electron chi connectivity index (χ2n) is 22.0. The smallest absolute Gasteiger partial charge is 0.315 e. The van der Waals surface area contributed by atoms with Crippen LogP contribution in [-0.4, -0.2) is 112 Å². The van der Waals surface area contributed by atoms with Gasteiger partial charge in [-0.25, -0.2) is 4.98 Å². The molecule has 426 valence electrons. The predicted octanol–water partition coefficient (Wildman–Crippen LogP) is 9.00. The highest BCUT2D eigenvalue weighted by molar-refractivity contribution is 7.87. The van der Waals surface area contributed by atoms with Crippen molar-refractivity contribution in [3.63, 3.8) is 0 Å². The first-order valence-electron chi connectivity index (χ1n) is 27.3. The standard InChI is InChI=1S/C60H72N6O12S2/c1-36(38-15-17-41(18-16-38)56-37(2)62-35-79-56)63-58(73)47-32-45(68)34-66(47)59(74)57(60(3,4)5)65-51(70)13-10-11-31-61-42-25-29-46(30-26-42)78-80(75,76)49-33-48-53(39-21-27-44(67)28-22-39)54(55(49)77-48)40-19-23-43(24-20-40)64-50(69)12-8-6-7-9-14-52(71)72/h15-30,35-36,45,47-49,55,57,61,67-68H,6-14,31-34H2,1-5H3,(H,63,73)(H,64,69)(H,65,70)(H,71,72)/t36-,45-,47+,48-,49?,55+,57-/m1/s1. The topological polar surface area (TPSA) is 263 Å². The summed E-state index contributed by atoms with van der Waals surface area (Å²) in [6.07, 6.45) is 2.22. The van der Waals surface area contributed by atoms with Crippen LogP contribution in [0.25, 0.3) is 21.6 Å². The summed E-state index contributed by atoms with van der Waals surface area (Å²) >= 11 is 1.56. The Morgan fingerprint density at radius 2 is 1.39 bits per heavy atom. The highest BCUT2D eigenvalue weighted by Gasteiger charge is 2.54. The molecule has 20 heteroatoms. The fraction of sp³-hybridized carbons (Fsp3) is 0.433. The number of aryl methyl sites for hydroxylation is 1. The van der Waals surface area contributed by atoms with Crippen molar-refractivity contribution in [3.05, 3.63) is 125 Å². The Morgan fingerprint density at radius 1 is 0.775 bits per heavy atom. The van der Waals surface area contributed by atoms with E-state index >= 15 is 0 Å². The summed E-state index contributed by atoms with van der Waals surface area (Å²) in [7, 11) is -4.24. The van der Waals surface area contributed by atoms with Crippen LogP contribution in [0.1, 0.15) is 127 Å². The molecule has 1 aromatic heterocycles. The number of likely N-dealkylation sites (tertiary alicyclic amines) is 1. The van der Waals surface area contributed by atoms with Gasteiger partial charge in [-0.1, -0.05) is 82.1 Å². The van der Waals surface area contributed by atoms with E-state index in [1.54, 1.807) is 77.5 Å². The largest absolute Gasteiger partial charge is 0.508 e. The zero-order valence-corrected chi connectivity index (χ0v) is 47.4. The molecule has 0 radical (unpaired) electrons.